The first-order chi connectivity index (χ1) is 8.79. The zero-order valence-electron chi connectivity index (χ0n) is 12.9. The SMILES string of the molecule is CC.CNCN1CCC(C2CCN(C)CC2)CC1. The van der Waals surface area contributed by atoms with Crippen LogP contribution in [0.4, 0.5) is 0 Å². The van der Waals surface area contributed by atoms with Crippen molar-refractivity contribution >= 4 is 0 Å². The largest absolute Gasteiger partial charge is 0.307 e. The Bertz CT molecular complexity index is 192. The highest BCUT2D eigenvalue weighted by Crippen LogP contribution is 2.31. The summed E-state index contributed by atoms with van der Waals surface area (Å²) < 4.78 is 0. The van der Waals surface area contributed by atoms with Crippen molar-refractivity contribution in [3.05, 3.63) is 0 Å². The minimum absolute atomic E-state index is 1.02. The van der Waals surface area contributed by atoms with Crippen molar-refractivity contribution in [1.82, 2.24) is 15.1 Å². The van der Waals surface area contributed by atoms with Gasteiger partial charge >= 0.3 is 0 Å². The molecular formula is C15H33N3. The second kappa shape index (κ2) is 8.89. The monoisotopic (exact) mass is 255 g/mol. The first kappa shape index (κ1) is 15.9. The summed E-state index contributed by atoms with van der Waals surface area (Å²) in [5.74, 6) is 2.04. The molecule has 0 aromatic carbocycles. The standard InChI is InChI=1S/C13H27N3.C2H6/c1-14-11-16-9-5-13(6-10-16)12-3-7-15(2)8-4-12;1-2/h12-14H,3-11H2,1-2H3;1-2H3. The Morgan fingerprint density at radius 1 is 0.889 bits per heavy atom. The van der Waals surface area contributed by atoms with Gasteiger partial charge in [0, 0.05) is 6.67 Å². The molecule has 0 bridgehead atoms. The van der Waals surface area contributed by atoms with Crippen molar-refractivity contribution in [2.24, 2.45) is 11.8 Å². The first-order valence-corrected chi connectivity index (χ1v) is 7.85. The van der Waals surface area contributed by atoms with Gasteiger partial charge in [0.15, 0.2) is 0 Å². The fourth-order valence-corrected chi connectivity index (χ4v) is 3.31. The quantitative estimate of drug-likeness (QED) is 0.834. The molecule has 0 saturated carbocycles. The molecule has 2 saturated heterocycles. The van der Waals surface area contributed by atoms with Gasteiger partial charge < -0.3 is 10.2 Å². The van der Waals surface area contributed by atoms with Crippen LogP contribution in [0.3, 0.4) is 0 Å². The van der Waals surface area contributed by atoms with Crippen LogP contribution in [0, 0.1) is 11.8 Å². The molecule has 0 unspecified atom stereocenters. The third-order valence-corrected chi connectivity index (χ3v) is 4.44. The molecule has 0 radical (unpaired) electrons. The summed E-state index contributed by atoms with van der Waals surface area (Å²) in [4.78, 5) is 5.03. The van der Waals surface area contributed by atoms with E-state index in [2.05, 4.69) is 22.2 Å². The van der Waals surface area contributed by atoms with E-state index < -0.39 is 0 Å². The van der Waals surface area contributed by atoms with Gasteiger partial charge in [0.2, 0.25) is 0 Å². The summed E-state index contributed by atoms with van der Waals surface area (Å²) in [6.45, 7) is 10.3. The molecule has 2 fully saturated rings. The van der Waals surface area contributed by atoms with Crippen LogP contribution in [0.15, 0.2) is 0 Å². The molecule has 0 amide bonds. The third-order valence-electron chi connectivity index (χ3n) is 4.44. The molecule has 1 N–H and O–H groups in total. The molecule has 3 heteroatoms. The van der Waals surface area contributed by atoms with Gasteiger partial charge in [0.05, 0.1) is 0 Å². The van der Waals surface area contributed by atoms with Crippen LogP contribution in [-0.2, 0) is 0 Å². The molecule has 2 aliphatic heterocycles. The van der Waals surface area contributed by atoms with Gasteiger partial charge in [0.1, 0.15) is 0 Å². The van der Waals surface area contributed by atoms with E-state index in [-0.39, 0.29) is 0 Å². The number of hydrogen-bond donors (Lipinski definition) is 1. The first-order valence-electron chi connectivity index (χ1n) is 7.85. The summed E-state index contributed by atoms with van der Waals surface area (Å²) in [5.41, 5.74) is 0. The van der Waals surface area contributed by atoms with Crippen LogP contribution in [0.25, 0.3) is 0 Å². The topological polar surface area (TPSA) is 18.5 Å². The van der Waals surface area contributed by atoms with E-state index in [0.29, 0.717) is 0 Å². The van der Waals surface area contributed by atoms with Gasteiger partial charge in [-0.3, -0.25) is 4.90 Å². The number of piperidine rings is 2. The Kier molecular flexibility index (Phi) is 7.87. The van der Waals surface area contributed by atoms with E-state index in [1.54, 1.807) is 0 Å². The average molecular weight is 255 g/mol. The molecule has 0 spiro atoms. The van der Waals surface area contributed by atoms with Gasteiger partial charge in [-0.15, -0.1) is 0 Å². The zero-order chi connectivity index (χ0) is 13.4. The highest BCUT2D eigenvalue weighted by molar-refractivity contribution is 4.81. The van der Waals surface area contributed by atoms with Crippen molar-refractivity contribution in [1.29, 1.82) is 0 Å². The van der Waals surface area contributed by atoms with Gasteiger partial charge in [-0.25, -0.2) is 0 Å². The van der Waals surface area contributed by atoms with E-state index in [1.165, 1.54) is 51.9 Å². The van der Waals surface area contributed by atoms with Crippen molar-refractivity contribution in [2.75, 3.05) is 46.9 Å². The lowest BCUT2D eigenvalue weighted by Gasteiger charge is -2.39. The molecule has 0 aromatic heterocycles. The number of hydrogen-bond acceptors (Lipinski definition) is 3. The van der Waals surface area contributed by atoms with Crippen LogP contribution in [0.5, 0.6) is 0 Å². The number of rotatable bonds is 3. The molecule has 2 rings (SSSR count). The van der Waals surface area contributed by atoms with E-state index in [9.17, 15) is 0 Å². The summed E-state index contributed by atoms with van der Waals surface area (Å²) in [6.07, 6.45) is 5.73. The van der Waals surface area contributed by atoms with Gasteiger partial charge in [-0.2, -0.15) is 0 Å². The maximum Gasteiger partial charge on any atom is 0.0477 e. The van der Waals surface area contributed by atoms with Crippen LogP contribution in [0.1, 0.15) is 39.5 Å². The number of nitrogens with one attached hydrogen (secondary N) is 1. The molecular weight excluding hydrogens is 222 g/mol. The lowest BCUT2D eigenvalue weighted by Crippen LogP contribution is -2.42. The molecule has 0 atom stereocenters. The second-order valence-electron chi connectivity index (χ2n) is 5.61. The molecule has 18 heavy (non-hydrogen) atoms. The van der Waals surface area contributed by atoms with Crippen molar-refractivity contribution in [3.8, 4) is 0 Å². The lowest BCUT2D eigenvalue weighted by atomic mass is 9.79. The van der Waals surface area contributed by atoms with Crippen molar-refractivity contribution < 1.29 is 0 Å². The molecule has 0 aliphatic carbocycles. The highest BCUT2D eigenvalue weighted by atomic mass is 15.2. The molecule has 0 aromatic rings. The predicted molar refractivity (Wildman–Crippen MR) is 79.8 cm³/mol. The second-order valence-corrected chi connectivity index (χ2v) is 5.61. The Labute approximate surface area is 114 Å². The lowest BCUT2D eigenvalue weighted by molar-refractivity contribution is 0.103. The molecule has 2 heterocycles. The summed E-state index contributed by atoms with van der Waals surface area (Å²) >= 11 is 0. The Balaban J connectivity index is 0.000000771. The maximum absolute atomic E-state index is 3.26. The van der Waals surface area contributed by atoms with Crippen LogP contribution in [-0.4, -0.2) is 56.7 Å². The Morgan fingerprint density at radius 3 is 1.78 bits per heavy atom. The smallest absolute Gasteiger partial charge is 0.0477 e. The van der Waals surface area contributed by atoms with E-state index >= 15 is 0 Å². The summed E-state index contributed by atoms with van der Waals surface area (Å²) in [6, 6.07) is 0. The van der Waals surface area contributed by atoms with Crippen LogP contribution >= 0.6 is 0 Å². The zero-order valence-corrected chi connectivity index (χ0v) is 12.9. The summed E-state index contributed by atoms with van der Waals surface area (Å²) in [7, 11) is 4.30. The third kappa shape index (κ3) is 4.87. The Hall–Kier alpha value is -0.120. The summed E-state index contributed by atoms with van der Waals surface area (Å²) in [5, 5.41) is 3.26. The van der Waals surface area contributed by atoms with Crippen LogP contribution in [0.2, 0.25) is 0 Å². The van der Waals surface area contributed by atoms with Crippen molar-refractivity contribution in [3.63, 3.8) is 0 Å². The minimum atomic E-state index is 1.02. The number of likely N-dealkylation sites (tertiary alicyclic amines) is 2. The fraction of sp³-hybridized carbons (Fsp3) is 1.00. The fourth-order valence-electron chi connectivity index (χ4n) is 3.31. The van der Waals surface area contributed by atoms with E-state index in [0.717, 1.165) is 18.5 Å². The van der Waals surface area contributed by atoms with Crippen LogP contribution < -0.4 is 5.32 Å². The normalized spacial score (nSPS) is 24.7. The number of nitrogens with zero attached hydrogens (tertiary/aromatic N) is 2. The highest BCUT2D eigenvalue weighted by Gasteiger charge is 2.28. The maximum atomic E-state index is 3.26. The predicted octanol–water partition coefficient (Wildman–Crippen LogP) is 2.24. The average Bonchev–Trinajstić information content (AvgIpc) is 2.43. The van der Waals surface area contributed by atoms with Crippen molar-refractivity contribution in [2.45, 2.75) is 39.5 Å². The van der Waals surface area contributed by atoms with E-state index in [4.69, 9.17) is 0 Å². The van der Waals surface area contributed by atoms with Gasteiger partial charge in [0.25, 0.3) is 0 Å². The Morgan fingerprint density at radius 2 is 1.33 bits per heavy atom. The van der Waals surface area contributed by atoms with Gasteiger partial charge in [-0.1, -0.05) is 13.8 Å². The van der Waals surface area contributed by atoms with E-state index in [1.807, 2.05) is 20.9 Å². The van der Waals surface area contributed by atoms with Gasteiger partial charge in [-0.05, 0) is 77.8 Å². The molecule has 3 nitrogen and oxygen atoms in total. The minimum Gasteiger partial charge on any atom is -0.307 e. The molecule has 2 aliphatic rings. The molecule has 108 valence electrons.